The van der Waals surface area contributed by atoms with E-state index in [1.54, 1.807) is 6.08 Å². The Labute approximate surface area is 424 Å². The molecule has 9 nitrogen and oxygen atoms in total. The smallest absolute Gasteiger partial charge is 0.220 e. The number of ether oxygens (including phenoxy) is 2. The van der Waals surface area contributed by atoms with Crippen LogP contribution in [0.5, 0.6) is 0 Å². The number of carbonyl (C=O) groups is 1. The summed E-state index contributed by atoms with van der Waals surface area (Å²) in [5.41, 5.74) is 0. The van der Waals surface area contributed by atoms with Crippen molar-refractivity contribution in [2.75, 3.05) is 13.2 Å². The number of aliphatic hydroxyl groups is 5. The molecule has 7 atom stereocenters. The van der Waals surface area contributed by atoms with Crippen LogP contribution in [-0.2, 0) is 14.3 Å². The lowest BCUT2D eigenvalue weighted by atomic mass is 9.99. The largest absolute Gasteiger partial charge is 0.394 e. The minimum Gasteiger partial charge on any atom is -0.394 e. The number of aliphatic hydroxyl groups excluding tert-OH is 5. The van der Waals surface area contributed by atoms with E-state index in [-0.39, 0.29) is 12.5 Å². The summed E-state index contributed by atoms with van der Waals surface area (Å²) in [6, 6.07) is -0.826. The van der Waals surface area contributed by atoms with E-state index in [0.29, 0.717) is 6.42 Å². The van der Waals surface area contributed by atoms with E-state index in [4.69, 9.17) is 9.47 Å². The van der Waals surface area contributed by atoms with E-state index >= 15 is 0 Å². The van der Waals surface area contributed by atoms with E-state index in [1.165, 1.54) is 199 Å². The van der Waals surface area contributed by atoms with Gasteiger partial charge in [0.25, 0.3) is 0 Å². The van der Waals surface area contributed by atoms with Crippen LogP contribution in [0.2, 0.25) is 0 Å². The average Bonchev–Trinajstić information content (AvgIpc) is 3.35. The molecule has 1 aliphatic heterocycles. The molecule has 1 rings (SSSR count). The third-order valence-corrected chi connectivity index (χ3v) is 13.9. The molecule has 0 aliphatic carbocycles. The Balaban J connectivity index is 2.25. The van der Waals surface area contributed by atoms with Crippen LogP contribution in [0, 0.1) is 0 Å². The van der Waals surface area contributed by atoms with E-state index < -0.39 is 49.5 Å². The normalized spacial score (nSPS) is 19.8. The van der Waals surface area contributed by atoms with Crippen LogP contribution in [0.3, 0.4) is 0 Å². The lowest BCUT2D eigenvalue weighted by Gasteiger charge is -2.40. The zero-order chi connectivity index (χ0) is 50.1. The second kappa shape index (κ2) is 49.7. The SMILES string of the molecule is CCCCCCC/C=C\C/C=C\CCCCCCCCCCCC(=O)NC(COC1OC(CO)C(O)C(O)C1O)C(O)/C=C/CC/C=C/CCCCCCCCCCCCCCCCCCCCC. The number of hydrogen-bond acceptors (Lipinski definition) is 8. The van der Waals surface area contributed by atoms with Crippen molar-refractivity contribution in [3.8, 4) is 0 Å². The Morgan fingerprint density at radius 3 is 1.30 bits per heavy atom. The fraction of sp³-hybridized carbons (Fsp3) is 0.850. The molecule has 0 bridgehead atoms. The molecule has 1 saturated heterocycles. The van der Waals surface area contributed by atoms with Crippen LogP contribution >= 0.6 is 0 Å². The van der Waals surface area contributed by atoms with Gasteiger partial charge in [-0.15, -0.1) is 0 Å². The second-order valence-corrected chi connectivity index (χ2v) is 20.4. The molecule has 0 spiro atoms. The van der Waals surface area contributed by atoms with Gasteiger partial charge in [-0.1, -0.05) is 249 Å². The molecule has 0 aromatic rings. The molecule has 1 amide bonds. The highest BCUT2D eigenvalue weighted by atomic mass is 16.7. The second-order valence-electron chi connectivity index (χ2n) is 20.4. The average molecular weight is 975 g/mol. The van der Waals surface area contributed by atoms with Crippen molar-refractivity contribution in [3.63, 3.8) is 0 Å². The van der Waals surface area contributed by atoms with E-state index in [2.05, 4.69) is 55.6 Å². The molecule has 0 radical (unpaired) electrons. The number of amides is 1. The van der Waals surface area contributed by atoms with Gasteiger partial charge in [-0.2, -0.15) is 0 Å². The van der Waals surface area contributed by atoms with Gasteiger partial charge < -0.3 is 40.3 Å². The summed E-state index contributed by atoms with van der Waals surface area (Å²) < 4.78 is 11.3. The topological polar surface area (TPSA) is 149 Å². The van der Waals surface area contributed by atoms with Crippen LogP contribution in [0.15, 0.2) is 48.6 Å². The Kier molecular flexibility index (Phi) is 47.0. The first-order chi connectivity index (χ1) is 33.8. The first-order valence-corrected chi connectivity index (χ1v) is 29.4. The van der Waals surface area contributed by atoms with Crippen molar-refractivity contribution in [1.82, 2.24) is 5.32 Å². The molecule has 0 saturated carbocycles. The van der Waals surface area contributed by atoms with Crippen LogP contribution in [0.25, 0.3) is 0 Å². The summed E-state index contributed by atoms with van der Waals surface area (Å²) in [6.45, 7) is 3.78. The number of hydrogen-bond donors (Lipinski definition) is 6. The molecule has 69 heavy (non-hydrogen) atoms. The molecule has 0 aromatic carbocycles. The Bertz CT molecular complexity index is 1220. The van der Waals surface area contributed by atoms with Gasteiger partial charge in [0.15, 0.2) is 6.29 Å². The van der Waals surface area contributed by atoms with Crippen molar-refractivity contribution in [3.05, 3.63) is 48.6 Å². The summed E-state index contributed by atoms with van der Waals surface area (Å²) in [5, 5.41) is 54.5. The third kappa shape index (κ3) is 39.4. The predicted molar refractivity (Wildman–Crippen MR) is 290 cm³/mol. The van der Waals surface area contributed by atoms with Crippen LogP contribution in [0.4, 0.5) is 0 Å². The predicted octanol–water partition coefficient (Wildman–Crippen LogP) is 14.5. The van der Waals surface area contributed by atoms with Gasteiger partial charge in [-0.3, -0.25) is 4.79 Å². The molecule has 404 valence electrons. The van der Waals surface area contributed by atoms with E-state index in [0.717, 1.165) is 51.4 Å². The summed E-state index contributed by atoms with van der Waals surface area (Å²) in [4.78, 5) is 13.1. The molecular weight excluding hydrogens is 863 g/mol. The van der Waals surface area contributed by atoms with Gasteiger partial charge in [-0.25, -0.2) is 0 Å². The van der Waals surface area contributed by atoms with Crippen molar-refractivity contribution < 1.29 is 39.8 Å². The van der Waals surface area contributed by atoms with Crippen LogP contribution in [0.1, 0.15) is 271 Å². The number of rotatable bonds is 50. The molecule has 1 aliphatic rings. The van der Waals surface area contributed by atoms with Crippen LogP contribution in [-0.4, -0.2) is 87.5 Å². The standard InChI is InChI=1S/C60H111NO8/c1-3-5-7-9-11-13-15-17-19-21-23-25-26-27-28-30-31-33-35-37-39-41-43-45-47-49-54(63)53(52-68-60-59(67)58(66)57(65)55(51-62)69-60)61-56(64)50-48-46-44-42-40-38-36-34-32-29-24-22-20-18-16-14-12-10-8-6-4-2/h16,18,22,24,39,41,47,49,53-55,57-60,62-63,65-67H,3-15,17,19-21,23,25-38,40,42-46,48,50-52H2,1-2H3,(H,61,64)/b18-16-,24-22-,41-39+,49-47+. The van der Waals surface area contributed by atoms with Gasteiger partial charge in [0.1, 0.15) is 24.4 Å². The number of unbranched alkanes of at least 4 members (excludes halogenated alkanes) is 34. The molecule has 1 heterocycles. The summed E-state index contributed by atoms with van der Waals surface area (Å²) in [6.07, 6.45) is 58.9. The Hall–Kier alpha value is -1.85. The Morgan fingerprint density at radius 2 is 0.870 bits per heavy atom. The van der Waals surface area contributed by atoms with Crippen molar-refractivity contribution >= 4 is 5.91 Å². The lowest BCUT2D eigenvalue weighted by molar-refractivity contribution is -0.302. The number of nitrogens with one attached hydrogen (secondary N) is 1. The molecule has 7 unspecified atom stereocenters. The van der Waals surface area contributed by atoms with Crippen molar-refractivity contribution in [1.29, 1.82) is 0 Å². The number of carbonyl (C=O) groups excluding carboxylic acids is 1. The maximum atomic E-state index is 13.1. The van der Waals surface area contributed by atoms with Gasteiger partial charge in [0.05, 0.1) is 25.4 Å². The van der Waals surface area contributed by atoms with Gasteiger partial charge in [-0.05, 0) is 64.2 Å². The monoisotopic (exact) mass is 974 g/mol. The molecule has 1 fully saturated rings. The summed E-state index contributed by atoms with van der Waals surface area (Å²) in [7, 11) is 0. The summed E-state index contributed by atoms with van der Waals surface area (Å²) in [5.74, 6) is -0.189. The highest BCUT2D eigenvalue weighted by Gasteiger charge is 2.44. The summed E-state index contributed by atoms with van der Waals surface area (Å²) >= 11 is 0. The third-order valence-electron chi connectivity index (χ3n) is 13.9. The van der Waals surface area contributed by atoms with Gasteiger partial charge in [0, 0.05) is 6.42 Å². The molecular formula is C60H111NO8. The Morgan fingerprint density at radius 1 is 0.493 bits per heavy atom. The first kappa shape index (κ1) is 65.2. The van der Waals surface area contributed by atoms with Crippen molar-refractivity contribution in [2.45, 2.75) is 314 Å². The van der Waals surface area contributed by atoms with E-state index in [9.17, 15) is 30.3 Å². The molecule has 9 heteroatoms. The zero-order valence-corrected chi connectivity index (χ0v) is 44.8. The minimum atomic E-state index is -1.57. The number of allylic oxidation sites excluding steroid dienone is 7. The fourth-order valence-corrected chi connectivity index (χ4v) is 9.20. The van der Waals surface area contributed by atoms with Gasteiger partial charge >= 0.3 is 0 Å². The highest BCUT2D eigenvalue weighted by molar-refractivity contribution is 5.76. The lowest BCUT2D eigenvalue weighted by Crippen LogP contribution is -2.60. The van der Waals surface area contributed by atoms with E-state index in [1.807, 2.05) is 6.08 Å². The molecule has 0 aromatic heterocycles. The van der Waals surface area contributed by atoms with Crippen molar-refractivity contribution in [2.24, 2.45) is 0 Å². The maximum Gasteiger partial charge on any atom is 0.220 e. The first-order valence-electron chi connectivity index (χ1n) is 29.4. The highest BCUT2D eigenvalue weighted by Crippen LogP contribution is 2.23. The fourth-order valence-electron chi connectivity index (χ4n) is 9.20. The zero-order valence-electron chi connectivity index (χ0n) is 44.8. The molecule has 6 N–H and O–H groups in total. The quantitative estimate of drug-likeness (QED) is 0.0261. The maximum absolute atomic E-state index is 13.1. The van der Waals surface area contributed by atoms with Gasteiger partial charge in [0.2, 0.25) is 5.91 Å². The minimum absolute atomic E-state index is 0.189. The van der Waals surface area contributed by atoms with Crippen LogP contribution < -0.4 is 5.32 Å².